The molecular formula is C68H125NO10. The number of hydrogen-bond acceptors (Lipinski definition) is 10. The zero-order valence-electron chi connectivity index (χ0n) is 51.2. The molecule has 11 heteroatoms. The van der Waals surface area contributed by atoms with Gasteiger partial charge in [-0.05, 0) is 64.2 Å². The van der Waals surface area contributed by atoms with Gasteiger partial charge in [0.1, 0.15) is 24.4 Å². The fourth-order valence-corrected chi connectivity index (χ4v) is 10.4. The lowest BCUT2D eigenvalue weighted by Gasteiger charge is -2.41. The van der Waals surface area contributed by atoms with E-state index in [9.17, 15) is 35.1 Å². The minimum Gasteiger partial charge on any atom is -0.454 e. The first-order valence-corrected chi connectivity index (χ1v) is 33.4. The minimum absolute atomic E-state index is 0.128. The van der Waals surface area contributed by atoms with Gasteiger partial charge in [0.15, 0.2) is 12.4 Å². The topological polar surface area (TPSA) is 175 Å². The Morgan fingerprint density at radius 1 is 0.494 bits per heavy atom. The number of allylic oxidation sites excluding steroid dienone is 7. The van der Waals surface area contributed by atoms with Crippen LogP contribution in [0.25, 0.3) is 0 Å². The van der Waals surface area contributed by atoms with Crippen LogP contribution >= 0.6 is 0 Å². The van der Waals surface area contributed by atoms with Crippen molar-refractivity contribution < 1.29 is 49.3 Å². The fraction of sp³-hybridized carbons (Fsp3) is 0.853. The van der Waals surface area contributed by atoms with E-state index in [1.54, 1.807) is 6.08 Å². The molecule has 1 rings (SSSR count). The standard InChI is InChI=1S/C68H125NO10/c1-4-7-10-13-16-19-22-24-26-27-28-29-30-31-32-33-34-36-37-40-43-46-49-52-55-61(72)67(76)69-59(60(71)54-51-48-45-42-39-21-18-15-12-9-6-3)58-77-68-66(65(75)64(74)62(57-70)78-68)79-63(73)56-53-50-47-44-41-38-35-25-23-20-17-14-11-8-5-2/h16,19,24,26,28-29,51,54,59-62,64-66,68,70-72,74-75H,4-15,17-18,20-23,25,27,30-50,52-53,55-58H2,1-3H3,(H,69,76)/b19-16-,26-24-,29-28-,54-51+. The molecule has 0 aromatic heterocycles. The largest absolute Gasteiger partial charge is 0.454 e. The lowest BCUT2D eigenvalue weighted by atomic mass is 9.99. The van der Waals surface area contributed by atoms with Crippen molar-refractivity contribution >= 4 is 11.9 Å². The number of aliphatic hydroxyl groups excluding tert-OH is 5. The molecule has 1 amide bonds. The molecule has 79 heavy (non-hydrogen) atoms. The molecule has 1 saturated heterocycles. The Bertz CT molecular complexity index is 1470. The zero-order chi connectivity index (χ0) is 57.5. The van der Waals surface area contributed by atoms with Crippen molar-refractivity contribution in [3.05, 3.63) is 48.6 Å². The zero-order valence-corrected chi connectivity index (χ0v) is 51.2. The van der Waals surface area contributed by atoms with Crippen molar-refractivity contribution in [2.24, 2.45) is 0 Å². The number of amides is 1. The number of rotatable bonds is 57. The molecule has 0 aromatic rings. The maximum Gasteiger partial charge on any atom is 0.306 e. The van der Waals surface area contributed by atoms with Crippen LogP contribution in [0.5, 0.6) is 0 Å². The summed E-state index contributed by atoms with van der Waals surface area (Å²) in [5.74, 6) is -1.19. The Labute approximate surface area is 485 Å². The predicted molar refractivity (Wildman–Crippen MR) is 329 cm³/mol. The number of nitrogens with one attached hydrogen (secondary N) is 1. The van der Waals surface area contributed by atoms with Crippen molar-refractivity contribution in [3.63, 3.8) is 0 Å². The molecule has 1 aliphatic rings. The summed E-state index contributed by atoms with van der Waals surface area (Å²) < 4.78 is 17.6. The number of carbonyl (C=O) groups is 2. The van der Waals surface area contributed by atoms with Crippen LogP contribution < -0.4 is 5.32 Å². The van der Waals surface area contributed by atoms with E-state index in [1.165, 1.54) is 186 Å². The molecule has 1 heterocycles. The molecule has 0 aliphatic carbocycles. The number of unbranched alkanes of at least 4 members (excludes halogenated alkanes) is 37. The Morgan fingerprint density at radius 2 is 0.873 bits per heavy atom. The van der Waals surface area contributed by atoms with E-state index in [4.69, 9.17) is 14.2 Å². The van der Waals surface area contributed by atoms with Gasteiger partial charge >= 0.3 is 5.97 Å². The summed E-state index contributed by atoms with van der Waals surface area (Å²) in [5, 5.41) is 57.1. The molecule has 1 fully saturated rings. The number of carbonyl (C=O) groups excluding carboxylic acids is 2. The van der Waals surface area contributed by atoms with Gasteiger partial charge in [0.05, 0.1) is 25.4 Å². The molecule has 462 valence electrons. The minimum atomic E-state index is -1.61. The van der Waals surface area contributed by atoms with Crippen LogP contribution in [0.4, 0.5) is 0 Å². The van der Waals surface area contributed by atoms with Gasteiger partial charge in [0.2, 0.25) is 5.91 Å². The summed E-state index contributed by atoms with van der Waals surface area (Å²) in [6.45, 7) is 5.78. The molecule has 0 bridgehead atoms. The fourth-order valence-electron chi connectivity index (χ4n) is 10.4. The first-order chi connectivity index (χ1) is 38.7. The molecule has 1 aliphatic heterocycles. The second-order valence-electron chi connectivity index (χ2n) is 23.2. The summed E-state index contributed by atoms with van der Waals surface area (Å²) in [5.41, 5.74) is 0. The van der Waals surface area contributed by atoms with Crippen molar-refractivity contribution in [2.45, 2.75) is 359 Å². The summed E-state index contributed by atoms with van der Waals surface area (Å²) >= 11 is 0. The normalized spacial score (nSPS) is 19.1. The Kier molecular flexibility index (Phi) is 53.0. The van der Waals surface area contributed by atoms with Gasteiger partial charge in [-0.3, -0.25) is 9.59 Å². The summed E-state index contributed by atoms with van der Waals surface area (Å²) in [4.78, 5) is 26.6. The average molecular weight is 1120 g/mol. The highest BCUT2D eigenvalue weighted by atomic mass is 16.7. The first-order valence-electron chi connectivity index (χ1n) is 33.4. The summed E-state index contributed by atoms with van der Waals surface area (Å²) in [6, 6.07) is -1.02. The quantitative estimate of drug-likeness (QED) is 0.0195. The van der Waals surface area contributed by atoms with Crippen molar-refractivity contribution in [2.75, 3.05) is 13.2 Å². The van der Waals surface area contributed by atoms with Crippen molar-refractivity contribution in [1.29, 1.82) is 0 Å². The van der Waals surface area contributed by atoms with E-state index in [1.807, 2.05) is 6.08 Å². The Hall–Kier alpha value is -2.38. The van der Waals surface area contributed by atoms with Crippen LogP contribution in [0.1, 0.15) is 310 Å². The first kappa shape index (κ1) is 74.6. The van der Waals surface area contributed by atoms with Crippen LogP contribution in [0, 0.1) is 0 Å². The number of esters is 1. The predicted octanol–water partition coefficient (Wildman–Crippen LogP) is 16.4. The maximum absolute atomic E-state index is 13.4. The third-order valence-electron chi connectivity index (χ3n) is 15.7. The van der Waals surface area contributed by atoms with E-state index in [-0.39, 0.29) is 19.4 Å². The molecule has 0 aromatic carbocycles. The molecule has 0 spiro atoms. The van der Waals surface area contributed by atoms with Gasteiger partial charge < -0.3 is 45.1 Å². The lowest BCUT2D eigenvalue weighted by Crippen LogP contribution is -2.61. The molecule has 0 saturated carbocycles. The smallest absolute Gasteiger partial charge is 0.306 e. The lowest BCUT2D eigenvalue weighted by molar-refractivity contribution is -0.305. The van der Waals surface area contributed by atoms with E-state index in [0.29, 0.717) is 12.8 Å². The van der Waals surface area contributed by atoms with E-state index >= 15 is 0 Å². The van der Waals surface area contributed by atoms with Gasteiger partial charge in [-0.1, -0.05) is 288 Å². The third-order valence-corrected chi connectivity index (χ3v) is 15.7. The average Bonchev–Trinajstić information content (AvgIpc) is 3.44. The van der Waals surface area contributed by atoms with Gasteiger partial charge in [0, 0.05) is 6.42 Å². The third kappa shape index (κ3) is 43.9. The molecular weight excluding hydrogens is 991 g/mol. The molecule has 6 N–H and O–H groups in total. The SMILES string of the molecule is CCCCC/C=C\C/C=C\C/C=C\CCCCCCCCCCCCCC(O)C(=O)NC(COC1OC(CO)C(O)C(O)C1OC(=O)CCCCCCCCCCCCCCCCC)C(O)/C=C/CCCCCCCCCCC. The van der Waals surface area contributed by atoms with E-state index in [0.717, 1.165) is 77.0 Å². The summed E-state index contributed by atoms with van der Waals surface area (Å²) in [7, 11) is 0. The van der Waals surface area contributed by atoms with E-state index in [2.05, 4.69) is 62.5 Å². The Balaban J connectivity index is 2.58. The molecule has 8 atom stereocenters. The van der Waals surface area contributed by atoms with E-state index < -0.39 is 67.4 Å². The van der Waals surface area contributed by atoms with Gasteiger partial charge in [-0.2, -0.15) is 0 Å². The van der Waals surface area contributed by atoms with Crippen LogP contribution in [0.15, 0.2) is 48.6 Å². The van der Waals surface area contributed by atoms with Gasteiger partial charge in [-0.25, -0.2) is 0 Å². The van der Waals surface area contributed by atoms with Gasteiger partial charge in [-0.15, -0.1) is 0 Å². The highest BCUT2D eigenvalue weighted by molar-refractivity contribution is 5.80. The van der Waals surface area contributed by atoms with Crippen LogP contribution in [-0.4, -0.2) is 99.6 Å². The second kappa shape index (κ2) is 56.1. The molecule has 8 unspecified atom stereocenters. The highest BCUT2D eigenvalue weighted by Crippen LogP contribution is 2.26. The maximum atomic E-state index is 13.4. The van der Waals surface area contributed by atoms with Crippen LogP contribution in [0.2, 0.25) is 0 Å². The monoisotopic (exact) mass is 1120 g/mol. The number of hydrogen-bond donors (Lipinski definition) is 6. The Morgan fingerprint density at radius 3 is 1.33 bits per heavy atom. The summed E-state index contributed by atoms with van der Waals surface area (Å²) in [6.07, 6.45) is 58.7. The van der Waals surface area contributed by atoms with Crippen molar-refractivity contribution in [1.82, 2.24) is 5.32 Å². The number of ether oxygens (including phenoxy) is 3. The van der Waals surface area contributed by atoms with Crippen LogP contribution in [0.3, 0.4) is 0 Å². The van der Waals surface area contributed by atoms with Gasteiger partial charge in [0.25, 0.3) is 0 Å². The molecule has 11 nitrogen and oxygen atoms in total. The highest BCUT2D eigenvalue weighted by Gasteiger charge is 2.47. The number of aliphatic hydroxyl groups is 5. The van der Waals surface area contributed by atoms with Crippen molar-refractivity contribution in [3.8, 4) is 0 Å². The second-order valence-corrected chi connectivity index (χ2v) is 23.2. The van der Waals surface area contributed by atoms with Crippen LogP contribution in [-0.2, 0) is 23.8 Å². The molecule has 0 radical (unpaired) electrons.